The summed E-state index contributed by atoms with van der Waals surface area (Å²) in [5.41, 5.74) is 2.74. The van der Waals surface area contributed by atoms with Crippen LogP contribution < -0.4 is 24.3 Å². The van der Waals surface area contributed by atoms with Crippen molar-refractivity contribution in [2.75, 3.05) is 19.9 Å². The van der Waals surface area contributed by atoms with Crippen LogP contribution >= 0.6 is 0 Å². The average molecular weight is 471 g/mol. The molecule has 0 atom stereocenters. The second kappa shape index (κ2) is 11.6. The number of nitrogens with zero attached hydrogens (tertiary/aromatic N) is 1. The molecule has 0 aromatic heterocycles. The van der Waals surface area contributed by atoms with Gasteiger partial charge in [0.1, 0.15) is 18.2 Å². The third-order valence-electron chi connectivity index (χ3n) is 5.32. The third kappa shape index (κ3) is 6.33. The van der Waals surface area contributed by atoms with Gasteiger partial charge >= 0.3 is 0 Å². The number of hydrogen-bond donors (Lipinski definition) is 1. The Bertz CT molecular complexity index is 1250. The molecule has 1 aliphatic rings. The number of fused-ring (bicyclic) bond motifs is 1. The van der Waals surface area contributed by atoms with Gasteiger partial charge in [0.15, 0.2) is 23.0 Å². The van der Waals surface area contributed by atoms with Gasteiger partial charge in [-0.15, -0.1) is 0 Å². The normalized spacial score (nSPS) is 12.1. The van der Waals surface area contributed by atoms with Crippen LogP contribution in [0.15, 0.2) is 72.3 Å². The van der Waals surface area contributed by atoms with Gasteiger partial charge in [-0.3, -0.25) is 4.79 Å². The first kappa shape index (κ1) is 23.7. The van der Waals surface area contributed by atoms with E-state index in [2.05, 4.69) is 5.32 Å². The number of benzene rings is 3. The predicted molar refractivity (Wildman–Crippen MR) is 131 cm³/mol. The molecule has 0 aliphatic carbocycles. The van der Waals surface area contributed by atoms with Crippen LogP contribution in [0.25, 0.3) is 6.08 Å². The van der Waals surface area contributed by atoms with Gasteiger partial charge in [0.05, 0.1) is 6.61 Å². The van der Waals surface area contributed by atoms with E-state index in [0.29, 0.717) is 49.0 Å². The summed E-state index contributed by atoms with van der Waals surface area (Å²) in [6.45, 7) is 3.31. The summed E-state index contributed by atoms with van der Waals surface area (Å²) in [6.07, 6.45) is 2.23. The van der Waals surface area contributed by atoms with Crippen molar-refractivity contribution in [1.82, 2.24) is 5.32 Å². The molecule has 3 aromatic rings. The summed E-state index contributed by atoms with van der Waals surface area (Å²) in [5, 5.41) is 12.3. The van der Waals surface area contributed by atoms with Crippen molar-refractivity contribution in [3.05, 3.63) is 89.0 Å². The molecular formula is C28H26N2O5. The highest BCUT2D eigenvalue weighted by molar-refractivity contribution is 6.01. The number of ether oxygens (including phenoxy) is 4. The largest absolute Gasteiger partial charge is 0.490 e. The Morgan fingerprint density at radius 2 is 1.83 bits per heavy atom. The molecule has 1 N–H and O–H groups in total. The van der Waals surface area contributed by atoms with Crippen molar-refractivity contribution >= 4 is 12.0 Å². The lowest BCUT2D eigenvalue weighted by molar-refractivity contribution is -0.117. The molecule has 1 heterocycles. The van der Waals surface area contributed by atoms with Gasteiger partial charge in [0.2, 0.25) is 6.79 Å². The molecule has 0 saturated carbocycles. The highest BCUT2D eigenvalue weighted by atomic mass is 16.7. The Morgan fingerprint density at radius 1 is 1.00 bits per heavy atom. The summed E-state index contributed by atoms with van der Waals surface area (Å²) < 4.78 is 22.5. The van der Waals surface area contributed by atoms with Crippen LogP contribution in [-0.2, 0) is 17.8 Å². The molecule has 0 fully saturated rings. The van der Waals surface area contributed by atoms with Gasteiger partial charge < -0.3 is 24.3 Å². The monoisotopic (exact) mass is 470 g/mol. The molecule has 7 nitrogen and oxygen atoms in total. The molecule has 178 valence electrons. The molecule has 0 radical (unpaired) electrons. The lowest BCUT2D eigenvalue weighted by Crippen LogP contribution is -2.26. The predicted octanol–water partition coefficient (Wildman–Crippen LogP) is 4.66. The number of carbonyl (C=O) groups excluding carboxylic acids is 1. The minimum absolute atomic E-state index is 0.0227. The second-order valence-electron chi connectivity index (χ2n) is 7.78. The molecule has 4 rings (SSSR count). The molecule has 35 heavy (non-hydrogen) atoms. The zero-order valence-electron chi connectivity index (χ0n) is 19.5. The van der Waals surface area contributed by atoms with Crippen LogP contribution in [-0.4, -0.2) is 25.9 Å². The van der Waals surface area contributed by atoms with Crippen LogP contribution in [0, 0.1) is 11.3 Å². The number of nitriles is 1. The van der Waals surface area contributed by atoms with E-state index in [4.69, 9.17) is 18.9 Å². The lowest BCUT2D eigenvalue weighted by atomic mass is 10.1. The molecule has 0 unspecified atom stereocenters. The topological polar surface area (TPSA) is 89.8 Å². The highest BCUT2D eigenvalue weighted by Crippen LogP contribution is 2.34. The van der Waals surface area contributed by atoms with E-state index in [9.17, 15) is 10.1 Å². The van der Waals surface area contributed by atoms with Crippen LogP contribution in [0.1, 0.15) is 23.6 Å². The maximum absolute atomic E-state index is 12.5. The van der Waals surface area contributed by atoms with E-state index in [-0.39, 0.29) is 12.4 Å². The summed E-state index contributed by atoms with van der Waals surface area (Å²) in [7, 11) is 0. The third-order valence-corrected chi connectivity index (χ3v) is 5.32. The molecule has 1 amide bonds. The molecular weight excluding hydrogens is 444 g/mol. The van der Waals surface area contributed by atoms with Gasteiger partial charge in [-0.25, -0.2) is 0 Å². The maximum Gasteiger partial charge on any atom is 0.261 e. The minimum Gasteiger partial charge on any atom is -0.490 e. The van der Waals surface area contributed by atoms with E-state index < -0.39 is 5.91 Å². The van der Waals surface area contributed by atoms with Gasteiger partial charge in [-0.05, 0) is 60.4 Å². The molecule has 0 spiro atoms. The Hall–Kier alpha value is -4.44. The van der Waals surface area contributed by atoms with E-state index in [1.807, 2.05) is 61.5 Å². The van der Waals surface area contributed by atoms with Gasteiger partial charge in [0.25, 0.3) is 5.91 Å². The van der Waals surface area contributed by atoms with Gasteiger partial charge in [-0.2, -0.15) is 5.26 Å². The fraction of sp³-hybridized carbons (Fsp3) is 0.214. The molecule has 1 aliphatic heterocycles. The second-order valence-corrected chi connectivity index (χ2v) is 7.78. The van der Waals surface area contributed by atoms with Crippen molar-refractivity contribution in [3.8, 4) is 29.1 Å². The van der Waals surface area contributed by atoms with Crippen LogP contribution in [0.2, 0.25) is 0 Å². The van der Waals surface area contributed by atoms with E-state index in [0.717, 1.165) is 16.9 Å². The minimum atomic E-state index is -0.412. The Kier molecular flexibility index (Phi) is 7.87. The fourth-order valence-electron chi connectivity index (χ4n) is 3.57. The van der Waals surface area contributed by atoms with E-state index in [1.165, 1.54) is 0 Å². The molecule has 3 aromatic carbocycles. The smallest absolute Gasteiger partial charge is 0.261 e. The first-order valence-corrected chi connectivity index (χ1v) is 11.4. The number of nitrogens with one attached hydrogen (secondary N) is 1. The number of amides is 1. The zero-order valence-corrected chi connectivity index (χ0v) is 19.5. The SMILES string of the molecule is CCOc1cc(/C=C(\C#N)C(=O)NCCc2ccccc2)ccc1OCc1ccc2c(c1)OCO2. The molecule has 0 saturated heterocycles. The van der Waals surface area contributed by atoms with Gasteiger partial charge in [-0.1, -0.05) is 42.5 Å². The quantitative estimate of drug-likeness (QED) is 0.342. The van der Waals surface area contributed by atoms with Crippen molar-refractivity contribution in [2.45, 2.75) is 20.0 Å². The van der Waals surface area contributed by atoms with E-state index in [1.54, 1.807) is 24.3 Å². The first-order valence-electron chi connectivity index (χ1n) is 11.4. The molecule has 7 heteroatoms. The van der Waals surface area contributed by atoms with Crippen LogP contribution in [0.4, 0.5) is 0 Å². The summed E-state index contributed by atoms with van der Waals surface area (Å²) in [4.78, 5) is 12.5. The Morgan fingerprint density at radius 3 is 2.63 bits per heavy atom. The van der Waals surface area contributed by atoms with Crippen molar-refractivity contribution in [2.24, 2.45) is 0 Å². The summed E-state index contributed by atoms with van der Waals surface area (Å²) in [5.74, 6) is 2.10. The Labute approximate surface area is 204 Å². The Balaban J connectivity index is 1.41. The standard InChI is InChI=1S/C28H26N2O5/c1-2-32-26-15-21(14-23(17-29)28(31)30-13-12-20-6-4-3-5-7-20)8-10-24(26)33-18-22-9-11-25-27(16-22)35-19-34-25/h3-11,14-16H,2,12-13,18-19H2,1H3,(H,30,31)/b23-14+. The number of rotatable bonds is 10. The van der Waals surface area contributed by atoms with Crippen molar-refractivity contribution < 1.29 is 23.7 Å². The number of carbonyl (C=O) groups is 1. The maximum atomic E-state index is 12.5. The summed E-state index contributed by atoms with van der Waals surface area (Å²) >= 11 is 0. The van der Waals surface area contributed by atoms with E-state index >= 15 is 0 Å². The van der Waals surface area contributed by atoms with Gasteiger partial charge in [0, 0.05) is 6.54 Å². The zero-order chi connectivity index (χ0) is 24.5. The lowest BCUT2D eigenvalue weighted by Gasteiger charge is -2.13. The summed E-state index contributed by atoms with van der Waals surface area (Å²) in [6, 6.07) is 22.8. The molecule has 0 bridgehead atoms. The highest BCUT2D eigenvalue weighted by Gasteiger charge is 2.14. The first-order chi connectivity index (χ1) is 17.2. The average Bonchev–Trinajstić information content (AvgIpc) is 3.35. The van der Waals surface area contributed by atoms with Crippen molar-refractivity contribution in [3.63, 3.8) is 0 Å². The fourth-order valence-corrected chi connectivity index (χ4v) is 3.57. The number of hydrogen-bond acceptors (Lipinski definition) is 6. The van der Waals surface area contributed by atoms with Crippen LogP contribution in [0.5, 0.6) is 23.0 Å². The van der Waals surface area contributed by atoms with Crippen molar-refractivity contribution in [1.29, 1.82) is 5.26 Å². The van der Waals surface area contributed by atoms with Crippen LogP contribution in [0.3, 0.4) is 0 Å².